The van der Waals surface area contributed by atoms with Gasteiger partial charge in [0.05, 0.1) is 0 Å². The largest absolute Gasteiger partial charge is 0.0999 e. The number of hydrogen-bond acceptors (Lipinski definition) is 0. The Morgan fingerprint density at radius 1 is 0.625 bits per heavy atom. The minimum atomic E-state index is 0.676. The van der Waals surface area contributed by atoms with Crippen LogP contribution in [0.1, 0.15) is 55.4 Å². The van der Waals surface area contributed by atoms with Crippen LogP contribution in [0.4, 0.5) is 0 Å². The Labute approximate surface area is 104 Å². The summed E-state index contributed by atoms with van der Waals surface area (Å²) >= 11 is 0. The maximum Gasteiger partial charge on any atom is -0.0214 e. The Morgan fingerprint density at radius 3 is 0.812 bits per heavy atom. The van der Waals surface area contributed by atoms with Crippen LogP contribution in [0, 0.1) is 23.7 Å². The number of allylic oxidation sites excluding steroid dienone is 2. The first-order valence-electron chi connectivity index (χ1n) is 6.42. The van der Waals surface area contributed by atoms with E-state index in [0.717, 1.165) is 11.8 Å². The average Bonchev–Trinajstić information content (AvgIpc) is 2.15. The maximum absolute atomic E-state index is 3.88. The molecule has 96 valence electrons. The molecule has 2 atom stereocenters. The first-order chi connectivity index (χ1) is 7.11. The van der Waals surface area contributed by atoms with Crippen molar-refractivity contribution >= 4 is 0 Å². The normalized spacial score (nSPS) is 14.1. The van der Waals surface area contributed by atoms with Gasteiger partial charge in [-0.15, -0.1) is 0 Å². The van der Waals surface area contributed by atoms with Crippen molar-refractivity contribution in [3.05, 3.63) is 24.3 Å². The van der Waals surface area contributed by atoms with E-state index >= 15 is 0 Å². The summed E-state index contributed by atoms with van der Waals surface area (Å²) in [6.45, 7) is 25.2. The SMILES string of the molecule is C=C(C)C(C)C(C)C.C=C(C)C(C)C(C)C. The van der Waals surface area contributed by atoms with Crippen molar-refractivity contribution in [2.24, 2.45) is 23.7 Å². The predicted octanol–water partition coefficient (Wildman–Crippen LogP) is 5.71. The van der Waals surface area contributed by atoms with Crippen molar-refractivity contribution in [1.82, 2.24) is 0 Å². The lowest BCUT2D eigenvalue weighted by Crippen LogP contribution is -2.03. The monoisotopic (exact) mass is 224 g/mol. The molecule has 0 saturated heterocycles. The molecule has 0 aliphatic heterocycles. The summed E-state index contributed by atoms with van der Waals surface area (Å²) in [5.74, 6) is 2.84. The predicted molar refractivity (Wildman–Crippen MR) is 77.6 cm³/mol. The van der Waals surface area contributed by atoms with Gasteiger partial charge in [-0.1, -0.05) is 65.8 Å². The van der Waals surface area contributed by atoms with Crippen LogP contribution in [0.25, 0.3) is 0 Å². The zero-order valence-electron chi connectivity index (χ0n) is 12.7. The van der Waals surface area contributed by atoms with E-state index in [0.29, 0.717) is 11.8 Å². The molecule has 0 saturated carbocycles. The van der Waals surface area contributed by atoms with Crippen LogP contribution in [0.3, 0.4) is 0 Å². The van der Waals surface area contributed by atoms with Gasteiger partial charge in [0, 0.05) is 0 Å². The zero-order chi connectivity index (χ0) is 13.5. The molecule has 0 N–H and O–H groups in total. The van der Waals surface area contributed by atoms with Crippen LogP contribution < -0.4 is 0 Å². The number of rotatable bonds is 4. The van der Waals surface area contributed by atoms with Crippen molar-refractivity contribution in [2.75, 3.05) is 0 Å². The molecule has 2 unspecified atom stereocenters. The topological polar surface area (TPSA) is 0 Å². The lowest BCUT2D eigenvalue weighted by Gasteiger charge is -2.13. The lowest BCUT2D eigenvalue weighted by atomic mass is 9.92. The first kappa shape index (κ1) is 17.9. The summed E-state index contributed by atoms with van der Waals surface area (Å²) in [5.41, 5.74) is 2.58. The second-order valence-electron chi connectivity index (χ2n) is 5.76. The van der Waals surface area contributed by atoms with Crippen LogP contribution >= 0.6 is 0 Å². The fourth-order valence-corrected chi connectivity index (χ4v) is 1.14. The van der Waals surface area contributed by atoms with E-state index in [-0.39, 0.29) is 0 Å². The third-order valence-corrected chi connectivity index (χ3v) is 3.55. The summed E-state index contributed by atoms with van der Waals surface area (Å²) in [5, 5.41) is 0. The van der Waals surface area contributed by atoms with Crippen molar-refractivity contribution < 1.29 is 0 Å². The molecule has 0 aliphatic carbocycles. The quantitative estimate of drug-likeness (QED) is 0.537. The van der Waals surface area contributed by atoms with Gasteiger partial charge in [-0.3, -0.25) is 0 Å². The molecule has 0 bridgehead atoms. The van der Waals surface area contributed by atoms with E-state index in [1.54, 1.807) is 0 Å². The van der Waals surface area contributed by atoms with E-state index in [4.69, 9.17) is 0 Å². The molecule has 0 amide bonds. The van der Waals surface area contributed by atoms with Crippen molar-refractivity contribution in [1.29, 1.82) is 0 Å². The van der Waals surface area contributed by atoms with E-state index in [9.17, 15) is 0 Å². The molecular formula is C16H32. The van der Waals surface area contributed by atoms with Crippen LogP contribution in [0.15, 0.2) is 24.3 Å². The minimum Gasteiger partial charge on any atom is -0.0999 e. The Balaban J connectivity index is 0. The maximum atomic E-state index is 3.88. The summed E-state index contributed by atoms with van der Waals surface area (Å²) in [4.78, 5) is 0. The van der Waals surface area contributed by atoms with Gasteiger partial charge in [0.2, 0.25) is 0 Å². The zero-order valence-corrected chi connectivity index (χ0v) is 12.7. The van der Waals surface area contributed by atoms with Crippen molar-refractivity contribution in [3.8, 4) is 0 Å². The molecule has 0 radical (unpaired) electrons. The van der Waals surface area contributed by atoms with E-state index < -0.39 is 0 Å². The molecule has 16 heavy (non-hydrogen) atoms. The second-order valence-corrected chi connectivity index (χ2v) is 5.76. The highest BCUT2D eigenvalue weighted by molar-refractivity contribution is 4.95. The third kappa shape index (κ3) is 8.76. The summed E-state index contributed by atoms with van der Waals surface area (Å²) in [7, 11) is 0. The Morgan fingerprint density at radius 2 is 0.812 bits per heavy atom. The van der Waals surface area contributed by atoms with Crippen LogP contribution in [-0.2, 0) is 0 Å². The minimum absolute atomic E-state index is 0.676. The van der Waals surface area contributed by atoms with Crippen LogP contribution in [-0.4, -0.2) is 0 Å². The molecule has 0 nitrogen and oxygen atoms in total. The van der Waals surface area contributed by atoms with Gasteiger partial charge in [0.15, 0.2) is 0 Å². The van der Waals surface area contributed by atoms with Gasteiger partial charge >= 0.3 is 0 Å². The van der Waals surface area contributed by atoms with E-state index in [1.165, 1.54) is 11.1 Å². The molecule has 0 aromatic heterocycles. The Kier molecular flexibility index (Phi) is 9.61. The van der Waals surface area contributed by atoms with E-state index in [1.807, 2.05) is 0 Å². The summed E-state index contributed by atoms with van der Waals surface area (Å²) in [6, 6.07) is 0. The van der Waals surface area contributed by atoms with E-state index in [2.05, 4.69) is 68.5 Å². The number of hydrogen-bond donors (Lipinski definition) is 0. The summed E-state index contributed by atoms with van der Waals surface area (Å²) < 4.78 is 0. The lowest BCUT2D eigenvalue weighted by molar-refractivity contribution is 0.481. The Bertz CT molecular complexity index is 184. The molecule has 0 heterocycles. The highest BCUT2D eigenvalue weighted by atomic mass is 14.1. The van der Waals surface area contributed by atoms with Crippen LogP contribution in [0.5, 0.6) is 0 Å². The summed E-state index contributed by atoms with van der Waals surface area (Å²) in [6.07, 6.45) is 0. The van der Waals surface area contributed by atoms with Gasteiger partial charge in [0.1, 0.15) is 0 Å². The molecule has 0 aromatic carbocycles. The third-order valence-electron chi connectivity index (χ3n) is 3.55. The average molecular weight is 224 g/mol. The van der Waals surface area contributed by atoms with Gasteiger partial charge in [-0.05, 0) is 37.5 Å². The second kappa shape index (κ2) is 8.61. The van der Waals surface area contributed by atoms with Crippen molar-refractivity contribution in [3.63, 3.8) is 0 Å². The molecule has 0 aromatic rings. The van der Waals surface area contributed by atoms with Crippen molar-refractivity contribution in [2.45, 2.75) is 55.4 Å². The molecule has 0 aliphatic rings. The Hall–Kier alpha value is -0.520. The first-order valence-corrected chi connectivity index (χ1v) is 6.42. The van der Waals surface area contributed by atoms with Gasteiger partial charge < -0.3 is 0 Å². The molecular weight excluding hydrogens is 192 g/mol. The molecule has 0 heteroatoms. The molecule has 0 fully saturated rings. The highest BCUT2D eigenvalue weighted by Crippen LogP contribution is 2.17. The van der Waals surface area contributed by atoms with Crippen LogP contribution in [0.2, 0.25) is 0 Å². The fraction of sp³-hybridized carbons (Fsp3) is 0.750. The van der Waals surface area contributed by atoms with Gasteiger partial charge in [-0.25, -0.2) is 0 Å². The standard InChI is InChI=1S/2C8H16/c2*1-6(2)8(5)7(3)4/h2*7-8H,1H2,2-5H3. The highest BCUT2D eigenvalue weighted by Gasteiger charge is 2.05. The van der Waals surface area contributed by atoms with Gasteiger partial charge in [0.25, 0.3) is 0 Å². The molecule has 0 spiro atoms. The van der Waals surface area contributed by atoms with Gasteiger partial charge in [-0.2, -0.15) is 0 Å². The smallest absolute Gasteiger partial charge is 0.0214 e. The fourth-order valence-electron chi connectivity index (χ4n) is 1.14. The molecule has 0 rings (SSSR count).